The second-order valence-electron chi connectivity index (χ2n) is 8.70. The summed E-state index contributed by atoms with van der Waals surface area (Å²) in [6.07, 6.45) is 6.83. The Morgan fingerprint density at radius 3 is 2.72 bits per heavy atom. The first kappa shape index (κ1) is 21.2. The summed E-state index contributed by atoms with van der Waals surface area (Å²) in [7, 11) is 0. The van der Waals surface area contributed by atoms with Gasteiger partial charge in [0.25, 0.3) is 0 Å². The summed E-state index contributed by atoms with van der Waals surface area (Å²) >= 11 is 1.36. The number of benzene rings is 2. The highest BCUT2D eigenvalue weighted by molar-refractivity contribution is 7.99. The van der Waals surface area contributed by atoms with Crippen LogP contribution in [0, 0.1) is 5.82 Å². The lowest BCUT2D eigenvalue weighted by Gasteiger charge is -2.20. The molecule has 3 aromatic rings. The summed E-state index contributed by atoms with van der Waals surface area (Å²) in [6, 6.07) is 13.4. The zero-order valence-electron chi connectivity index (χ0n) is 18.2. The topological polar surface area (TPSA) is 59.8 Å². The van der Waals surface area contributed by atoms with Crippen molar-refractivity contribution in [3.05, 3.63) is 65.0 Å². The fourth-order valence-corrected chi connectivity index (χ4v) is 5.20. The number of aryl methyl sites for hydroxylation is 2. The second kappa shape index (κ2) is 9.06. The molecule has 0 spiro atoms. The van der Waals surface area contributed by atoms with E-state index in [0.29, 0.717) is 16.5 Å². The van der Waals surface area contributed by atoms with Crippen molar-refractivity contribution in [2.24, 2.45) is 0 Å². The van der Waals surface area contributed by atoms with E-state index >= 15 is 0 Å². The van der Waals surface area contributed by atoms with E-state index in [4.69, 9.17) is 0 Å². The predicted octanol–water partition coefficient (Wildman–Crippen LogP) is 5.27. The van der Waals surface area contributed by atoms with Gasteiger partial charge in [-0.15, -0.1) is 10.2 Å². The van der Waals surface area contributed by atoms with Gasteiger partial charge in [-0.1, -0.05) is 42.1 Å². The van der Waals surface area contributed by atoms with Crippen LogP contribution in [0.2, 0.25) is 0 Å². The van der Waals surface area contributed by atoms with Gasteiger partial charge in [-0.25, -0.2) is 4.39 Å². The molecule has 1 atom stereocenters. The lowest BCUT2D eigenvalue weighted by Crippen LogP contribution is -2.28. The number of halogens is 1. The molecule has 2 aliphatic rings. The zero-order valence-corrected chi connectivity index (χ0v) is 19.0. The molecule has 5 nitrogen and oxygen atoms in total. The fourth-order valence-electron chi connectivity index (χ4n) is 4.38. The monoisotopic (exact) mass is 450 g/mol. The lowest BCUT2D eigenvalue weighted by molar-refractivity contribution is -0.119. The van der Waals surface area contributed by atoms with Crippen LogP contribution in [0.25, 0.3) is 11.4 Å². The summed E-state index contributed by atoms with van der Waals surface area (Å²) in [5, 5.41) is 12.3. The molecule has 0 saturated heterocycles. The molecule has 1 heterocycles. The van der Waals surface area contributed by atoms with Gasteiger partial charge in [0.15, 0.2) is 11.0 Å². The number of aromatic nitrogens is 3. The van der Waals surface area contributed by atoms with Crippen LogP contribution in [0.5, 0.6) is 0 Å². The van der Waals surface area contributed by atoms with Crippen molar-refractivity contribution in [3.8, 4) is 11.4 Å². The minimum absolute atomic E-state index is 0.0435. The minimum atomic E-state index is -0.310. The van der Waals surface area contributed by atoms with Crippen LogP contribution in [-0.4, -0.2) is 26.4 Å². The van der Waals surface area contributed by atoms with Crippen molar-refractivity contribution in [1.82, 2.24) is 20.1 Å². The molecule has 0 bridgehead atoms. The molecule has 0 aliphatic heterocycles. The van der Waals surface area contributed by atoms with Gasteiger partial charge in [-0.2, -0.15) is 0 Å². The summed E-state index contributed by atoms with van der Waals surface area (Å²) in [4.78, 5) is 12.7. The number of rotatable bonds is 7. The first-order valence-corrected chi connectivity index (χ1v) is 12.3. The predicted molar refractivity (Wildman–Crippen MR) is 124 cm³/mol. The third-order valence-corrected chi connectivity index (χ3v) is 7.22. The SMILES string of the molecule is C[C@@H](NC(=O)CSc1nnc(-c2ccccc2F)n1C1CC1)c1ccc2c(c1)CCCC2. The van der Waals surface area contributed by atoms with E-state index in [1.807, 2.05) is 11.5 Å². The Bertz CT molecular complexity index is 1140. The maximum atomic E-state index is 14.3. The fraction of sp³-hybridized carbons (Fsp3) is 0.400. The van der Waals surface area contributed by atoms with Crippen LogP contribution in [0.1, 0.15) is 61.4 Å². The number of fused-ring (bicyclic) bond motifs is 1. The number of amides is 1. The number of thioether (sulfide) groups is 1. The zero-order chi connectivity index (χ0) is 22.1. The average Bonchev–Trinajstić information content (AvgIpc) is 3.56. The minimum Gasteiger partial charge on any atom is -0.349 e. The van der Waals surface area contributed by atoms with E-state index in [-0.39, 0.29) is 29.6 Å². The van der Waals surface area contributed by atoms with Crippen LogP contribution in [0.4, 0.5) is 4.39 Å². The lowest BCUT2D eigenvalue weighted by atomic mass is 9.89. The van der Waals surface area contributed by atoms with Gasteiger partial charge in [0.05, 0.1) is 17.4 Å². The summed E-state index contributed by atoms with van der Waals surface area (Å²) in [5.41, 5.74) is 4.46. The summed E-state index contributed by atoms with van der Waals surface area (Å²) in [5.74, 6) is 0.432. The molecule has 166 valence electrons. The van der Waals surface area contributed by atoms with E-state index in [1.54, 1.807) is 18.2 Å². The number of nitrogens with one attached hydrogen (secondary N) is 1. The number of hydrogen-bond acceptors (Lipinski definition) is 4. The Labute approximate surface area is 191 Å². The number of carbonyl (C=O) groups excluding carboxylic acids is 1. The van der Waals surface area contributed by atoms with Gasteiger partial charge >= 0.3 is 0 Å². The van der Waals surface area contributed by atoms with Gasteiger partial charge in [0, 0.05) is 6.04 Å². The maximum absolute atomic E-state index is 14.3. The molecule has 1 amide bonds. The van der Waals surface area contributed by atoms with E-state index < -0.39 is 0 Å². The van der Waals surface area contributed by atoms with Gasteiger partial charge < -0.3 is 5.32 Å². The van der Waals surface area contributed by atoms with Crippen molar-refractivity contribution in [3.63, 3.8) is 0 Å². The highest BCUT2D eigenvalue weighted by atomic mass is 32.2. The summed E-state index contributed by atoms with van der Waals surface area (Å²) < 4.78 is 16.3. The number of hydrogen-bond donors (Lipinski definition) is 1. The normalized spacial score (nSPS) is 16.4. The first-order valence-electron chi connectivity index (χ1n) is 11.3. The Morgan fingerprint density at radius 2 is 1.94 bits per heavy atom. The molecule has 0 radical (unpaired) electrons. The molecule has 1 saturated carbocycles. The highest BCUT2D eigenvalue weighted by Gasteiger charge is 2.31. The van der Waals surface area contributed by atoms with E-state index in [2.05, 4.69) is 33.7 Å². The van der Waals surface area contributed by atoms with Crippen molar-refractivity contribution in [2.45, 2.75) is 62.7 Å². The van der Waals surface area contributed by atoms with Gasteiger partial charge in [0.2, 0.25) is 5.91 Å². The molecule has 1 aromatic heterocycles. The molecule has 7 heteroatoms. The van der Waals surface area contributed by atoms with E-state index in [0.717, 1.165) is 31.2 Å². The molecule has 1 fully saturated rings. The Balaban J connectivity index is 1.25. The second-order valence-corrected chi connectivity index (χ2v) is 9.64. The molecule has 0 unspecified atom stereocenters. The molecular formula is C25H27FN4OS. The van der Waals surface area contributed by atoms with Crippen molar-refractivity contribution in [2.75, 3.05) is 5.75 Å². The van der Waals surface area contributed by atoms with Crippen LogP contribution in [-0.2, 0) is 17.6 Å². The Morgan fingerprint density at radius 1 is 1.16 bits per heavy atom. The van der Waals surface area contributed by atoms with Crippen LogP contribution in [0.3, 0.4) is 0 Å². The van der Waals surface area contributed by atoms with E-state index in [9.17, 15) is 9.18 Å². The Kier molecular flexibility index (Phi) is 6.00. The van der Waals surface area contributed by atoms with Gasteiger partial charge in [-0.3, -0.25) is 9.36 Å². The van der Waals surface area contributed by atoms with Crippen molar-refractivity contribution in [1.29, 1.82) is 0 Å². The molecular weight excluding hydrogens is 423 g/mol. The van der Waals surface area contributed by atoms with Crippen LogP contribution >= 0.6 is 11.8 Å². The van der Waals surface area contributed by atoms with Crippen LogP contribution < -0.4 is 5.32 Å². The molecule has 2 aliphatic carbocycles. The Hall–Kier alpha value is -2.67. The maximum Gasteiger partial charge on any atom is 0.230 e. The number of nitrogens with zero attached hydrogens (tertiary/aromatic N) is 3. The van der Waals surface area contributed by atoms with E-state index in [1.165, 1.54) is 41.8 Å². The standard InChI is InChI=1S/C25H27FN4OS/c1-16(18-11-10-17-6-2-3-7-19(17)14-18)27-23(31)15-32-25-29-28-24(30(25)20-12-13-20)21-8-4-5-9-22(21)26/h4-5,8-11,14,16,20H,2-3,6-7,12-13,15H2,1H3,(H,27,31)/t16-/m1/s1. The van der Waals surface area contributed by atoms with Crippen molar-refractivity contribution >= 4 is 17.7 Å². The largest absolute Gasteiger partial charge is 0.349 e. The third kappa shape index (κ3) is 4.44. The number of carbonyl (C=O) groups is 1. The first-order chi connectivity index (χ1) is 15.6. The quantitative estimate of drug-likeness (QED) is 0.499. The molecule has 1 N–H and O–H groups in total. The molecule has 32 heavy (non-hydrogen) atoms. The highest BCUT2D eigenvalue weighted by Crippen LogP contribution is 2.41. The molecule has 5 rings (SSSR count). The molecule has 2 aromatic carbocycles. The van der Waals surface area contributed by atoms with Crippen LogP contribution in [0.15, 0.2) is 47.6 Å². The van der Waals surface area contributed by atoms with Crippen molar-refractivity contribution < 1.29 is 9.18 Å². The van der Waals surface area contributed by atoms with Gasteiger partial charge in [-0.05, 0) is 74.3 Å². The third-order valence-electron chi connectivity index (χ3n) is 6.27. The average molecular weight is 451 g/mol. The summed E-state index contributed by atoms with van der Waals surface area (Å²) in [6.45, 7) is 2.02. The van der Waals surface area contributed by atoms with Gasteiger partial charge in [0.1, 0.15) is 5.82 Å². The smallest absolute Gasteiger partial charge is 0.230 e.